The number of thioether (sulfide) groups is 2. The molecule has 4 N–H and O–H groups in total. The average molecular weight is 460 g/mol. The summed E-state index contributed by atoms with van der Waals surface area (Å²) >= 11 is 3.14. The molecular formula is C19H33N5O4S2. The highest BCUT2D eigenvalue weighted by molar-refractivity contribution is 7.98. The van der Waals surface area contributed by atoms with Crippen LogP contribution >= 0.6 is 23.5 Å². The van der Waals surface area contributed by atoms with Crippen LogP contribution in [0.1, 0.15) is 40.0 Å². The fourth-order valence-electron chi connectivity index (χ4n) is 4.16. The van der Waals surface area contributed by atoms with E-state index in [4.69, 9.17) is 21.1 Å². The highest BCUT2D eigenvalue weighted by atomic mass is 32.2. The number of rotatable bonds is 10. The Morgan fingerprint density at radius 2 is 1.87 bits per heavy atom. The number of nitrogens with zero attached hydrogens (tertiary/aromatic N) is 3. The summed E-state index contributed by atoms with van der Waals surface area (Å²) < 4.78 is 0. The summed E-state index contributed by atoms with van der Waals surface area (Å²) in [4.78, 5) is 45.6. The van der Waals surface area contributed by atoms with E-state index in [-0.39, 0.29) is 5.92 Å². The summed E-state index contributed by atoms with van der Waals surface area (Å²) in [6.07, 6.45) is 5.63. The van der Waals surface area contributed by atoms with Gasteiger partial charge < -0.3 is 21.1 Å². The molecule has 2 aliphatic rings. The maximum atomic E-state index is 13.2. The van der Waals surface area contributed by atoms with Gasteiger partial charge in [0.05, 0.1) is 11.2 Å². The third-order valence-electron chi connectivity index (χ3n) is 6.16. The third-order valence-corrected chi connectivity index (χ3v) is 7.51. The molecule has 0 aromatic carbocycles. The smallest absolute Gasteiger partial charge is 0.328 e. The lowest BCUT2D eigenvalue weighted by molar-refractivity contribution is -0.375. The molecular weight excluding hydrogens is 426 g/mol. The highest BCUT2D eigenvalue weighted by Gasteiger charge is 2.78. The van der Waals surface area contributed by atoms with Crippen molar-refractivity contribution >= 4 is 41.5 Å². The van der Waals surface area contributed by atoms with Crippen LogP contribution in [0.25, 0.3) is 0 Å². The molecule has 0 aromatic rings. The Bertz CT molecular complexity index is 719. The summed E-state index contributed by atoms with van der Waals surface area (Å²) in [5.41, 5.74) is 8.94. The van der Waals surface area contributed by atoms with Crippen molar-refractivity contribution in [3.63, 3.8) is 0 Å². The Kier molecular flexibility index (Phi) is 8.40. The molecule has 170 valence electrons. The summed E-state index contributed by atoms with van der Waals surface area (Å²) in [5, 5.41) is 0.851. The largest absolute Gasteiger partial charge is 0.353 e. The van der Waals surface area contributed by atoms with E-state index in [1.807, 2.05) is 26.4 Å². The van der Waals surface area contributed by atoms with Crippen LogP contribution in [-0.4, -0.2) is 70.5 Å². The molecule has 0 bridgehead atoms. The van der Waals surface area contributed by atoms with Crippen LogP contribution in [0.4, 0.5) is 0 Å². The normalized spacial score (nSPS) is 34.6. The second kappa shape index (κ2) is 10.0. The minimum atomic E-state index is -1.59. The van der Waals surface area contributed by atoms with Gasteiger partial charge in [-0.2, -0.15) is 28.5 Å². The van der Waals surface area contributed by atoms with Gasteiger partial charge in [0.2, 0.25) is 5.66 Å². The second-order valence-corrected chi connectivity index (χ2v) is 9.66. The van der Waals surface area contributed by atoms with Crippen LogP contribution in [0.15, 0.2) is 9.98 Å². The molecule has 2 heterocycles. The first-order valence-electron chi connectivity index (χ1n) is 10.1. The molecule has 2 rings (SSSR count). The van der Waals surface area contributed by atoms with Crippen molar-refractivity contribution in [3.05, 3.63) is 0 Å². The molecule has 2 saturated heterocycles. The Labute approximate surface area is 186 Å². The molecule has 0 amide bonds. The summed E-state index contributed by atoms with van der Waals surface area (Å²) in [7, 11) is 0. The van der Waals surface area contributed by atoms with Gasteiger partial charge in [-0.15, -0.1) is 0 Å². The van der Waals surface area contributed by atoms with Gasteiger partial charge >= 0.3 is 11.9 Å². The minimum Gasteiger partial charge on any atom is -0.328 e. The first-order chi connectivity index (χ1) is 14.2. The van der Waals surface area contributed by atoms with Gasteiger partial charge in [0.1, 0.15) is 5.54 Å². The van der Waals surface area contributed by atoms with E-state index in [2.05, 4.69) is 16.0 Å². The van der Waals surface area contributed by atoms with E-state index in [0.29, 0.717) is 30.9 Å². The summed E-state index contributed by atoms with van der Waals surface area (Å²) in [6, 6.07) is 2.69. The lowest BCUT2D eigenvalue weighted by atomic mass is 9.63. The number of nitrogens with two attached hydrogens (primary N) is 2. The van der Waals surface area contributed by atoms with E-state index in [1.54, 1.807) is 30.4 Å². The van der Waals surface area contributed by atoms with Crippen molar-refractivity contribution in [2.45, 2.75) is 56.8 Å². The highest BCUT2D eigenvalue weighted by Crippen LogP contribution is 2.53. The van der Waals surface area contributed by atoms with Crippen LogP contribution in [0.2, 0.25) is 0 Å². The Hall–Kier alpha value is -1.10. The van der Waals surface area contributed by atoms with Gasteiger partial charge in [-0.25, -0.2) is 14.6 Å². The molecule has 30 heavy (non-hydrogen) atoms. The third kappa shape index (κ3) is 3.80. The zero-order chi connectivity index (χ0) is 22.6. The van der Waals surface area contributed by atoms with Crippen LogP contribution in [0, 0.1) is 11.8 Å². The zero-order valence-electron chi connectivity index (χ0n) is 18.3. The molecule has 11 heteroatoms. The van der Waals surface area contributed by atoms with Crippen LogP contribution < -0.4 is 11.5 Å². The average Bonchev–Trinajstić information content (AvgIpc) is 2.94. The molecule has 2 fully saturated rings. The summed E-state index contributed by atoms with van der Waals surface area (Å²) in [5.74, 6) is -1.13. The number of aliphatic imine (C=N–C) groups is 2. The first-order valence-corrected chi connectivity index (χ1v) is 12.9. The molecule has 0 spiro atoms. The fraction of sp³-hybridized carbons (Fsp3) is 0.842. The maximum absolute atomic E-state index is 13.2. The zero-order valence-corrected chi connectivity index (χ0v) is 20.0. The molecule has 5 unspecified atom stereocenters. The van der Waals surface area contributed by atoms with Gasteiger partial charge in [0.25, 0.3) is 0 Å². The number of fused-ring (bicyclic) bond motifs is 1. The van der Waals surface area contributed by atoms with Crippen molar-refractivity contribution < 1.29 is 19.3 Å². The van der Waals surface area contributed by atoms with Crippen LogP contribution in [-0.2, 0) is 19.3 Å². The second-order valence-electron chi connectivity index (χ2n) is 7.77. The topological polar surface area (TPSA) is 133 Å². The first kappa shape index (κ1) is 25.2. The molecule has 2 aliphatic heterocycles. The molecule has 0 aromatic heterocycles. The van der Waals surface area contributed by atoms with Crippen molar-refractivity contribution in [1.29, 1.82) is 0 Å². The lowest BCUT2D eigenvalue weighted by Crippen LogP contribution is -2.79. The van der Waals surface area contributed by atoms with Gasteiger partial charge in [-0.3, -0.25) is 0 Å². The number of carbonyl (C=O) groups is 2. The fourth-order valence-corrected chi connectivity index (χ4v) is 5.60. The number of hydrogen-bond donors (Lipinski definition) is 2. The predicted molar refractivity (Wildman–Crippen MR) is 120 cm³/mol. The maximum Gasteiger partial charge on any atom is 0.353 e. The summed E-state index contributed by atoms with van der Waals surface area (Å²) in [6.45, 7) is 6.22. The van der Waals surface area contributed by atoms with Gasteiger partial charge in [-0.1, -0.05) is 27.2 Å². The van der Waals surface area contributed by atoms with E-state index in [0.717, 1.165) is 11.6 Å². The van der Waals surface area contributed by atoms with Crippen molar-refractivity contribution in [3.8, 4) is 0 Å². The monoisotopic (exact) mass is 459 g/mol. The van der Waals surface area contributed by atoms with Crippen LogP contribution in [0.3, 0.4) is 0 Å². The Morgan fingerprint density at radius 1 is 1.20 bits per heavy atom. The van der Waals surface area contributed by atoms with Gasteiger partial charge in [-0.05, 0) is 36.9 Å². The molecule has 0 saturated carbocycles. The Balaban J connectivity index is 2.73. The predicted octanol–water partition coefficient (Wildman–Crippen LogP) is 1.69. The minimum absolute atomic E-state index is 0.300. The van der Waals surface area contributed by atoms with Crippen molar-refractivity contribution in [2.75, 3.05) is 30.6 Å². The molecule has 0 radical (unpaired) electrons. The van der Waals surface area contributed by atoms with E-state index >= 15 is 0 Å². The van der Waals surface area contributed by atoms with E-state index in [1.165, 1.54) is 0 Å². The quantitative estimate of drug-likeness (QED) is 0.468. The number of hydrogen-bond acceptors (Lipinski definition) is 11. The number of hydroxylamine groups is 2. The number of carbonyl (C=O) groups excluding carboxylic acids is 2. The standard InChI is InChI=1S/C19H33N5O4S2/c1-6-9-22-12-23-19-13(3)17(20,8-10-29-4)15(25)27-24(19)28-16(26)18(19,21)14(7-2)11-30-5/h13-14H,6-11,20-21H2,1-5H3. The van der Waals surface area contributed by atoms with Crippen LogP contribution in [0.5, 0.6) is 0 Å². The van der Waals surface area contributed by atoms with Crippen molar-refractivity contribution in [1.82, 2.24) is 5.23 Å². The SMILES string of the molecule is CCCN=C=NC12C(C)C(N)(CCSC)C(=O)ON1OC(=O)C2(N)C(CC)CSC. The Morgan fingerprint density at radius 3 is 2.43 bits per heavy atom. The van der Waals surface area contributed by atoms with Gasteiger partial charge in [0.15, 0.2) is 5.54 Å². The molecule has 9 nitrogen and oxygen atoms in total. The van der Waals surface area contributed by atoms with E-state index in [9.17, 15) is 9.59 Å². The van der Waals surface area contributed by atoms with Crippen molar-refractivity contribution in [2.24, 2.45) is 33.3 Å². The van der Waals surface area contributed by atoms with Gasteiger partial charge in [0, 0.05) is 18.4 Å². The molecule has 0 aliphatic carbocycles. The lowest BCUT2D eigenvalue weighted by Gasteiger charge is -2.52. The van der Waals surface area contributed by atoms with E-state index < -0.39 is 34.6 Å². The molecule has 5 atom stereocenters.